The van der Waals surface area contributed by atoms with E-state index >= 15 is 0 Å². The smallest absolute Gasteiger partial charge is 0.118 e. The molecule has 1 heterocycles. The zero-order chi connectivity index (χ0) is 12.8. The summed E-state index contributed by atoms with van der Waals surface area (Å²) in [5.74, 6) is 0.935. The zero-order valence-electron chi connectivity index (χ0n) is 10.9. The summed E-state index contributed by atoms with van der Waals surface area (Å²) in [7, 11) is 0. The van der Waals surface area contributed by atoms with Crippen LogP contribution in [0.15, 0.2) is 34.9 Å². The molecule has 0 fully saturated rings. The summed E-state index contributed by atoms with van der Waals surface area (Å²) in [5, 5.41) is 11.1. The van der Waals surface area contributed by atoms with E-state index in [-0.39, 0.29) is 0 Å². The largest absolute Gasteiger partial charge is 0.469 e. The molecule has 1 aliphatic rings. The normalized spacial score (nSPS) is 22.8. The molecule has 18 heavy (non-hydrogen) atoms. The minimum absolute atomic E-state index is 0.768. The highest BCUT2D eigenvalue weighted by atomic mass is 16.3. The summed E-state index contributed by atoms with van der Waals surface area (Å²) >= 11 is 0. The summed E-state index contributed by atoms with van der Waals surface area (Å²) in [6.45, 7) is 4.16. The van der Waals surface area contributed by atoms with Crippen LogP contribution in [-0.2, 0) is 12.0 Å². The molecule has 1 unspecified atom stereocenters. The lowest BCUT2D eigenvalue weighted by atomic mass is 9.76. The molecule has 3 rings (SSSR count). The van der Waals surface area contributed by atoms with Gasteiger partial charge in [-0.3, -0.25) is 0 Å². The van der Waals surface area contributed by atoms with Crippen LogP contribution in [0.4, 0.5) is 0 Å². The van der Waals surface area contributed by atoms with Crippen molar-refractivity contribution in [1.29, 1.82) is 0 Å². The maximum absolute atomic E-state index is 11.1. The average molecular weight is 242 g/mol. The molecule has 1 aromatic heterocycles. The molecule has 0 saturated heterocycles. The van der Waals surface area contributed by atoms with E-state index in [4.69, 9.17) is 4.42 Å². The Morgan fingerprint density at radius 2 is 2.00 bits per heavy atom. The van der Waals surface area contributed by atoms with Crippen LogP contribution >= 0.6 is 0 Å². The number of aliphatic hydroxyl groups is 1. The third kappa shape index (κ3) is 1.52. The Kier molecular flexibility index (Phi) is 2.56. The van der Waals surface area contributed by atoms with Crippen molar-refractivity contribution >= 4 is 0 Å². The van der Waals surface area contributed by atoms with Gasteiger partial charge >= 0.3 is 0 Å². The van der Waals surface area contributed by atoms with Gasteiger partial charge in [-0.05, 0) is 49.4 Å². The Bertz CT molecular complexity index is 583. The molecular weight excluding hydrogens is 224 g/mol. The molecule has 1 aromatic carbocycles. The van der Waals surface area contributed by atoms with E-state index in [0.717, 1.165) is 36.1 Å². The Balaban J connectivity index is 2.20. The van der Waals surface area contributed by atoms with E-state index < -0.39 is 5.60 Å². The average Bonchev–Trinajstić information content (AvgIpc) is 2.82. The molecule has 1 atom stereocenters. The zero-order valence-corrected chi connectivity index (χ0v) is 10.9. The van der Waals surface area contributed by atoms with Gasteiger partial charge in [0.15, 0.2) is 0 Å². The van der Waals surface area contributed by atoms with Crippen LogP contribution in [0.25, 0.3) is 0 Å². The van der Waals surface area contributed by atoms with Gasteiger partial charge in [-0.2, -0.15) is 0 Å². The Hall–Kier alpha value is -1.54. The summed E-state index contributed by atoms with van der Waals surface area (Å²) in [5.41, 5.74) is 3.48. The second-order valence-electron chi connectivity index (χ2n) is 5.22. The topological polar surface area (TPSA) is 33.4 Å². The van der Waals surface area contributed by atoms with E-state index in [1.54, 1.807) is 6.26 Å². The van der Waals surface area contributed by atoms with Crippen molar-refractivity contribution in [2.45, 2.75) is 38.7 Å². The van der Waals surface area contributed by atoms with Crippen LogP contribution in [-0.4, -0.2) is 5.11 Å². The Labute approximate surface area is 107 Å². The fourth-order valence-corrected chi connectivity index (χ4v) is 3.02. The van der Waals surface area contributed by atoms with Crippen LogP contribution in [0.3, 0.4) is 0 Å². The quantitative estimate of drug-likeness (QED) is 0.830. The van der Waals surface area contributed by atoms with Crippen LogP contribution < -0.4 is 0 Å². The standard InChI is InChI=1S/C16H18O2/c1-11-5-3-6-13(12(11)2)16(17)9-4-7-15-14(16)8-10-18-15/h3,5-6,8,10,17H,4,7,9H2,1-2H3. The molecule has 94 valence electrons. The lowest BCUT2D eigenvalue weighted by Crippen LogP contribution is -2.32. The molecule has 0 aliphatic heterocycles. The predicted octanol–water partition coefficient (Wildman–Crippen LogP) is 3.47. The van der Waals surface area contributed by atoms with Gasteiger partial charge in [0.25, 0.3) is 0 Å². The molecule has 0 amide bonds. The number of hydrogen-bond donors (Lipinski definition) is 1. The Morgan fingerprint density at radius 1 is 1.17 bits per heavy atom. The second kappa shape index (κ2) is 3.99. The van der Waals surface area contributed by atoms with Crippen molar-refractivity contribution in [2.75, 3.05) is 0 Å². The van der Waals surface area contributed by atoms with Gasteiger partial charge in [0, 0.05) is 12.0 Å². The van der Waals surface area contributed by atoms with E-state index in [1.807, 2.05) is 18.2 Å². The minimum atomic E-state index is -0.878. The molecular formula is C16H18O2. The molecule has 0 bridgehead atoms. The molecule has 0 radical (unpaired) electrons. The fraction of sp³-hybridized carbons (Fsp3) is 0.375. The maximum Gasteiger partial charge on any atom is 0.118 e. The molecule has 1 N–H and O–H groups in total. The van der Waals surface area contributed by atoms with Gasteiger partial charge in [-0.1, -0.05) is 18.2 Å². The molecule has 2 heteroatoms. The van der Waals surface area contributed by atoms with Gasteiger partial charge in [-0.15, -0.1) is 0 Å². The first-order valence-corrected chi connectivity index (χ1v) is 6.49. The third-order valence-corrected chi connectivity index (χ3v) is 4.18. The van der Waals surface area contributed by atoms with E-state index in [2.05, 4.69) is 19.9 Å². The highest BCUT2D eigenvalue weighted by Gasteiger charge is 2.38. The first-order chi connectivity index (χ1) is 8.63. The fourth-order valence-electron chi connectivity index (χ4n) is 3.02. The molecule has 0 saturated carbocycles. The third-order valence-electron chi connectivity index (χ3n) is 4.18. The highest BCUT2D eigenvalue weighted by molar-refractivity contribution is 5.45. The van der Waals surface area contributed by atoms with Crippen molar-refractivity contribution in [3.8, 4) is 0 Å². The van der Waals surface area contributed by atoms with Crippen molar-refractivity contribution < 1.29 is 9.52 Å². The van der Waals surface area contributed by atoms with Gasteiger partial charge < -0.3 is 9.52 Å². The first-order valence-electron chi connectivity index (χ1n) is 6.49. The number of rotatable bonds is 1. The lowest BCUT2D eigenvalue weighted by molar-refractivity contribution is 0.0582. The van der Waals surface area contributed by atoms with Crippen molar-refractivity contribution in [3.05, 3.63) is 58.5 Å². The van der Waals surface area contributed by atoms with Crippen LogP contribution in [0.1, 0.15) is 40.9 Å². The van der Waals surface area contributed by atoms with Gasteiger partial charge in [0.05, 0.1) is 6.26 Å². The first kappa shape index (κ1) is 11.5. The van der Waals surface area contributed by atoms with E-state index in [1.165, 1.54) is 11.1 Å². The number of hydrogen-bond acceptors (Lipinski definition) is 2. The Morgan fingerprint density at radius 3 is 2.83 bits per heavy atom. The van der Waals surface area contributed by atoms with E-state index in [0.29, 0.717) is 0 Å². The highest BCUT2D eigenvalue weighted by Crippen LogP contribution is 2.42. The summed E-state index contributed by atoms with van der Waals surface area (Å²) in [4.78, 5) is 0. The van der Waals surface area contributed by atoms with Gasteiger partial charge in [-0.25, -0.2) is 0 Å². The predicted molar refractivity (Wildman–Crippen MR) is 70.6 cm³/mol. The van der Waals surface area contributed by atoms with Crippen LogP contribution in [0.5, 0.6) is 0 Å². The maximum atomic E-state index is 11.1. The van der Waals surface area contributed by atoms with Crippen molar-refractivity contribution in [1.82, 2.24) is 0 Å². The summed E-state index contributed by atoms with van der Waals surface area (Å²) in [6, 6.07) is 8.05. The SMILES string of the molecule is Cc1cccc(C2(O)CCCc3occc32)c1C. The van der Waals surface area contributed by atoms with Crippen LogP contribution in [0.2, 0.25) is 0 Å². The van der Waals surface area contributed by atoms with Gasteiger partial charge in [0.2, 0.25) is 0 Å². The van der Waals surface area contributed by atoms with E-state index in [9.17, 15) is 5.11 Å². The number of furan rings is 1. The van der Waals surface area contributed by atoms with Crippen molar-refractivity contribution in [3.63, 3.8) is 0 Å². The number of aryl methyl sites for hydroxylation is 2. The molecule has 0 spiro atoms. The molecule has 2 aromatic rings. The number of fused-ring (bicyclic) bond motifs is 1. The lowest BCUT2D eigenvalue weighted by Gasteiger charge is -2.33. The summed E-state index contributed by atoms with van der Waals surface area (Å²) < 4.78 is 5.48. The molecule has 1 aliphatic carbocycles. The summed E-state index contributed by atoms with van der Waals surface area (Å²) in [6.07, 6.45) is 4.34. The molecule has 2 nitrogen and oxygen atoms in total. The van der Waals surface area contributed by atoms with Gasteiger partial charge in [0.1, 0.15) is 11.4 Å². The monoisotopic (exact) mass is 242 g/mol. The number of benzene rings is 1. The minimum Gasteiger partial charge on any atom is -0.469 e. The van der Waals surface area contributed by atoms with Crippen LogP contribution in [0, 0.1) is 13.8 Å². The van der Waals surface area contributed by atoms with Crippen molar-refractivity contribution in [2.24, 2.45) is 0 Å². The second-order valence-corrected chi connectivity index (χ2v) is 5.22.